The van der Waals surface area contributed by atoms with Crippen LogP contribution in [-0.4, -0.2) is 22.8 Å². The Kier molecular flexibility index (Phi) is 6.07. The third-order valence-corrected chi connectivity index (χ3v) is 5.22. The molecule has 27 heavy (non-hydrogen) atoms. The van der Waals surface area contributed by atoms with Crippen LogP contribution in [0.25, 0.3) is 10.9 Å². The molecule has 0 aliphatic rings. The fraction of sp³-hybridized carbons (Fsp3) is 0.318. The fourth-order valence-corrected chi connectivity index (χ4v) is 3.65. The highest BCUT2D eigenvalue weighted by molar-refractivity contribution is 6.30. The number of fused-ring (bicyclic) bond motifs is 1. The van der Waals surface area contributed by atoms with Crippen molar-refractivity contribution < 1.29 is 14.6 Å². The van der Waals surface area contributed by atoms with Crippen LogP contribution in [0, 0.1) is 6.92 Å². The summed E-state index contributed by atoms with van der Waals surface area (Å²) in [6.07, 6.45) is 2.59. The molecule has 0 bridgehead atoms. The summed E-state index contributed by atoms with van der Waals surface area (Å²) in [7, 11) is 1.67. The van der Waals surface area contributed by atoms with Crippen molar-refractivity contribution in [1.82, 2.24) is 4.57 Å². The summed E-state index contributed by atoms with van der Waals surface area (Å²) in [6.45, 7) is 2.88. The number of unbranched alkanes of at least 4 members (excludes halogenated alkanes) is 1. The molecular formula is C22H24ClNO3. The normalized spacial score (nSPS) is 11.1. The first kappa shape index (κ1) is 19.3. The van der Waals surface area contributed by atoms with Crippen molar-refractivity contribution in [3.63, 3.8) is 0 Å². The van der Waals surface area contributed by atoms with Gasteiger partial charge in [-0.3, -0.25) is 4.79 Å². The Hall–Kier alpha value is -2.46. The van der Waals surface area contributed by atoms with Gasteiger partial charge in [-0.15, -0.1) is 0 Å². The number of methoxy groups -OCH3 is 1. The predicted molar refractivity (Wildman–Crippen MR) is 109 cm³/mol. The number of halogens is 1. The van der Waals surface area contributed by atoms with Crippen molar-refractivity contribution in [2.75, 3.05) is 7.11 Å². The molecular weight excluding hydrogens is 362 g/mol. The number of hydrogen-bond acceptors (Lipinski definition) is 2. The first-order valence-electron chi connectivity index (χ1n) is 9.11. The SMILES string of the molecule is COc1ccc2c(c1)c(C)c(CCCCC(=O)O)n2Cc1ccc(Cl)cc1. The van der Waals surface area contributed by atoms with E-state index in [1.165, 1.54) is 22.2 Å². The first-order valence-corrected chi connectivity index (χ1v) is 9.49. The molecule has 0 spiro atoms. The second-order valence-electron chi connectivity index (χ2n) is 6.77. The van der Waals surface area contributed by atoms with Crippen LogP contribution in [0.3, 0.4) is 0 Å². The third kappa shape index (κ3) is 4.45. The molecule has 0 unspecified atom stereocenters. The van der Waals surface area contributed by atoms with E-state index < -0.39 is 5.97 Å². The molecule has 1 heterocycles. The number of aryl methyl sites for hydroxylation is 1. The number of ether oxygens (including phenoxy) is 1. The zero-order valence-corrected chi connectivity index (χ0v) is 16.4. The zero-order chi connectivity index (χ0) is 19.4. The number of aliphatic carboxylic acids is 1. The zero-order valence-electron chi connectivity index (χ0n) is 15.7. The number of aromatic nitrogens is 1. The lowest BCUT2D eigenvalue weighted by Crippen LogP contribution is -2.06. The van der Waals surface area contributed by atoms with E-state index in [0.29, 0.717) is 6.42 Å². The van der Waals surface area contributed by atoms with Crippen LogP contribution in [0.5, 0.6) is 5.75 Å². The number of hydrogen-bond donors (Lipinski definition) is 1. The Balaban J connectivity index is 1.97. The van der Waals surface area contributed by atoms with Crippen LogP contribution in [0.1, 0.15) is 36.1 Å². The van der Waals surface area contributed by atoms with Crippen molar-refractivity contribution in [3.05, 3.63) is 64.3 Å². The highest BCUT2D eigenvalue weighted by Crippen LogP contribution is 2.31. The Morgan fingerprint density at radius 2 is 1.89 bits per heavy atom. The molecule has 0 saturated carbocycles. The molecule has 0 amide bonds. The van der Waals surface area contributed by atoms with Gasteiger partial charge in [0.2, 0.25) is 0 Å². The van der Waals surface area contributed by atoms with Gasteiger partial charge in [0.15, 0.2) is 0 Å². The lowest BCUT2D eigenvalue weighted by Gasteiger charge is -2.12. The summed E-state index contributed by atoms with van der Waals surface area (Å²) < 4.78 is 7.72. The van der Waals surface area contributed by atoms with Gasteiger partial charge in [-0.25, -0.2) is 0 Å². The van der Waals surface area contributed by atoms with Crippen LogP contribution < -0.4 is 4.74 Å². The molecule has 0 atom stereocenters. The molecule has 0 fully saturated rings. The summed E-state index contributed by atoms with van der Waals surface area (Å²) in [4.78, 5) is 10.8. The number of carboxylic acids is 1. The topological polar surface area (TPSA) is 51.5 Å². The summed E-state index contributed by atoms with van der Waals surface area (Å²) in [6, 6.07) is 14.1. The van der Waals surface area contributed by atoms with E-state index in [0.717, 1.165) is 35.7 Å². The second kappa shape index (κ2) is 8.49. The first-order chi connectivity index (χ1) is 13.0. The molecule has 0 saturated heterocycles. The van der Waals surface area contributed by atoms with Crippen LogP contribution in [0.4, 0.5) is 0 Å². The summed E-state index contributed by atoms with van der Waals surface area (Å²) in [5.41, 5.74) is 4.82. The molecule has 0 radical (unpaired) electrons. The molecule has 2 aromatic carbocycles. The molecule has 5 heteroatoms. The average Bonchev–Trinajstić information content (AvgIpc) is 2.91. The Morgan fingerprint density at radius 3 is 2.56 bits per heavy atom. The van der Waals surface area contributed by atoms with Crippen LogP contribution in [-0.2, 0) is 17.8 Å². The van der Waals surface area contributed by atoms with Gasteiger partial charge in [-0.1, -0.05) is 23.7 Å². The molecule has 3 aromatic rings. The van der Waals surface area contributed by atoms with Gasteiger partial charge in [0.1, 0.15) is 5.75 Å². The van der Waals surface area contributed by atoms with E-state index >= 15 is 0 Å². The molecule has 142 valence electrons. The molecule has 0 aliphatic carbocycles. The van der Waals surface area contributed by atoms with E-state index in [4.69, 9.17) is 21.4 Å². The lowest BCUT2D eigenvalue weighted by molar-refractivity contribution is -0.137. The van der Waals surface area contributed by atoms with Gasteiger partial charge in [0, 0.05) is 34.6 Å². The minimum absolute atomic E-state index is 0.213. The number of nitrogens with zero attached hydrogens (tertiary/aromatic N) is 1. The smallest absolute Gasteiger partial charge is 0.303 e. The Bertz CT molecular complexity index is 944. The maximum atomic E-state index is 10.8. The average molecular weight is 386 g/mol. The van der Waals surface area contributed by atoms with E-state index in [2.05, 4.69) is 23.6 Å². The van der Waals surface area contributed by atoms with Crippen molar-refractivity contribution in [1.29, 1.82) is 0 Å². The summed E-state index contributed by atoms with van der Waals surface area (Å²) in [5.74, 6) is 0.102. The van der Waals surface area contributed by atoms with E-state index in [1.54, 1.807) is 7.11 Å². The van der Waals surface area contributed by atoms with Crippen molar-refractivity contribution in [3.8, 4) is 5.75 Å². The fourth-order valence-electron chi connectivity index (χ4n) is 3.53. The number of benzene rings is 2. The molecule has 0 aliphatic heterocycles. The van der Waals surface area contributed by atoms with Crippen LogP contribution in [0.2, 0.25) is 5.02 Å². The van der Waals surface area contributed by atoms with Gasteiger partial charge >= 0.3 is 5.97 Å². The summed E-state index contributed by atoms with van der Waals surface area (Å²) in [5, 5.41) is 10.8. The minimum atomic E-state index is -0.738. The van der Waals surface area contributed by atoms with Crippen molar-refractivity contribution >= 4 is 28.5 Å². The molecule has 1 N–H and O–H groups in total. The van der Waals surface area contributed by atoms with Gasteiger partial charge in [-0.05, 0) is 67.6 Å². The van der Waals surface area contributed by atoms with Gasteiger partial charge in [0.05, 0.1) is 7.11 Å². The maximum absolute atomic E-state index is 10.8. The van der Waals surface area contributed by atoms with Gasteiger partial charge < -0.3 is 14.4 Å². The third-order valence-electron chi connectivity index (χ3n) is 4.97. The number of rotatable bonds is 8. The lowest BCUT2D eigenvalue weighted by atomic mass is 10.1. The largest absolute Gasteiger partial charge is 0.497 e. The van der Waals surface area contributed by atoms with Crippen LogP contribution in [0.15, 0.2) is 42.5 Å². The van der Waals surface area contributed by atoms with Gasteiger partial charge in [0.25, 0.3) is 0 Å². The number of carboxylic acid groups (broad SMARTS) is 1. The molecule has 3 rings (SSSR count). The molecule has 1 aromatic heterocycles. The second-order valence-corrected chi connectivity index (χ2v) is 7.20. The highest BCUT2D eigenvalue weighted by atomic mass is 35.5. The van der Waals surface area contributed by atoms with Crippen LogP contribution >= 0.6 is 11.6 Å². The summed E-state index contributed by atoms with van der Waals surface area (Å²) >= 11 is 6.02. The van der Waals surface area contributed by atoms with E-state index in [9.17, 15) is 4.79 Å². The Labute approximate surface area is 164 Å². The standard InChI is InChI=1S/C22H24ClNO3/c1-15-19-13-18(27-2)11-12-21(19)24(14-16-7-9-17(23)10-8-16)20(15)5-3-4-6-22(25)26/h7-13H,3-6,14H2,1-2H3,(H,25,26). The highest BCUT2D eigenvalue weighted by Gasteiger charge is 2.15. The monoisotopic (exact) mass is 385 g/mol. The van der Waals surface area contributed by atoms with Crippen molar-refractivity contribution in [2.24, 2.45) is 0 Å². The van der Waals surface area contributed by atoms with E-state index in [1.807, 2.05) is 30.3 Å². The maximum Gasteiger partial charge on any atom is 0.303 e. The Morgan fingerprint density at radius 1 is 1.15 bits per heavy atom. The quantitative estimate of drug-likeness (QED) is 0.524. The molecule has 4 nitrogen and oxygen atoms in total. The number of carbonyl (C=O) groups is 1. The van der Waals surface area contributed by atoms with Crippen molar-refractivity contribution in [2.45, 2.75) is 39.2 Å². The predicted octanol–water partition coefficient (Wildman–Crippen LogP) is 5.46. The minimum Gasteiger partial charge on any atom is -0.497 e. The van der Waals surface area contributed by atoms with Gasteiger partial charge in [-0.2, -0.15) is 0 Å². The van der Waals surface area contributed by atoms with E-state index in [-0.39, 0.29) is 6.42 Å².